The van der Waals surface area contributed by atoms with E-state index in [1.54, 1.807) is 13.8 Å². The zero-order valence-electron chi connectivity index (χ0n) is 15.0. The predicted molar refractivity (Wildman–Crippen MR) is 90.5 cm³/mol. The van der Waals surface area contributed by atoms with Gasteiger partial charge in [0.2, 0.25) is 5.82 Å². The molecule has 0 bridgehead atoms. The molecule has 27 heavy (non-hydrogen) atoms. The summed E-state index contributed by atoms with van der Waals surface area (Å²) in [7, 11) is 1.40. The van der Waals surface area contributed by atoms with Crippen molar-refractivity contribution in [1.82, 2.24) is 14.9 Å². The number of aliphatic carboxylic acids is 1. The first kappa shape index (κ1) is 20.7. The van der Waals surface area contributed by atoms with Gasteiger partial charge in [0.05, 0.1) is 11.0 Å². The van der Waals surface area contributed by atoms with Gasteiger partial charge in [0.1, 0.15) is 6.04 Å². The number of fused-ring (bicyclic) bond motifs is 1. The Morgan fingerprint density at radius 1 is 1.33 bits per heavy atom. The highest BCUT2D eigenvalue weighted by atomic mass is 19.4. The number of halogens is 3. The summed E-state index contributed by atoms with van der Waals surface area (Å²) in [4.78, 5) is 27.2. The Bertz CT molecular complexity index is 846. The number of aromatic nitrogens is 2. The molecule has 1 aromatic carbocycles. The van der Waals surface area contributed by atoms with E-state index in [4.69, 9.17) is 9.84 Å². The molecule has 1 amide bonds. The molecule has 0 saturated carbocycles. The third-order valence-electron chi connectivity index (χ3n) is 3.94. The van der Waals surface area contributed by atoms with Gasteiger partial charge in [0.15, 0.2) is 0 Å². The van der Waals surface area contributed by atoms with Crippen LogP contribution in [0.3, 0.4) is 0 Å². The van der Waals surface area contributed by atoms with Crippen LogP contribution in [0.4, 0.5) is 13.2 Å². The van der Waals surface area contributed by atoms with Crippen LogP contribution in [0.2, 0.25) is 0 Å². The van der Waals surface area contributed by atoms with Gasteiger partial charge in [0, 0.05) is 31.7 Å². The molecule has 1 heterocycles. The van der Waals surface area contributed by atoms with Crippen molar-refractivity contribution in [1.29, 1.82) is 0 Å². The van der Waals surface area contributed by atoms with Crippen molar-refractivity contribution >= 4 is 22.9 Å². The molecule has 2 aromatic rings. The van der Waals surface area contributed by atoms with Crippen LogP contribution in [-0.2, 0) is 15.7 Å². The number of benzene rings is 1. The molecule has 0 spiro atoms. The molecule has 1 unspecified atom stereocenters. The number of nitrogens with zero attached hydrogens (tertiary/aromatic N) is 2. The van der Waals surface area contributed by atoms with Crippen LogP contribution >= 0.6 is 0 Å². The second kappa shape index (κ2) is 7.95. The molecular weight excluding hydrogens is 367 g/mol. The third kappa shape index (κ3) is 4.57. The predicted octanol–water partition coefficient (Wildman–Crippen LogP) is 2.86. The lowest BCUT2D eigenvalue weighted by Crippen LogP contribution is -2.41. The third-order valence-corrected chi connectivity index (χ3v) is 3.94. The molecule has 10 heteroatoms. The van der Waals surface area contributed by atoms with E-state index in [9.17, 15) is 22.8 Å². The summed E-state index contributed by atoms with van der Waals surface area (Å²) in [6.07, 6.45) is -4.58. The molecule has 0 aliphatic rings. The van der Waals surface area contributed by atoms with Crippen LogP contribution in [-0.4, -0.2) is 46.3 Å². The van der Waals surface area contributed by atoms with Gasteiger partial charge in [-0.2, -0.15) is 13.2 Å². The number of amides is 1. The maximum atomic E-state index is 13.2. The van der Waals surface area contributed by atoms with Gasteiger partial charge >= 0.3 is 12.1 Å². The molecule has 0 aliphatic carbocycles. The quantitative estimate of drug-likeness (QED) is 0.762. The van der Waals surface area contributed by atoms with Crippen molar-refractivity contribution in [3.8, 4) is 0 Å². The Morgan fingerprint density at radius 2 is 2.00 bits per heavy atom. The van der Waals surface area contributed by atoms with Gasteiger partial charge in [-0.25, -0.2) is 9.78 Å². The molecule has 2 rings (SSSR count). The average molecular weight is 387 g/mol. The molecule has 148 valence electrons. The highest BCUT2D eigenvalue weighted by Gasteiger charge is 2.38. The van der Waals surface area contributed by atoms with E-state index in [1.165, 1.54) is 25.3 Å². The summed E-state index contributed by atoms with van der Waals surface area (Å²) >= 11 is 0. The minimum Gasteiger partial charge on any atom is -0.480 e. The van der Waals surface area contributed by atoms with Crippen molar-refractivity contribution in [2.24, 2.45) is 0 Å². The van der Waals surface area contributed by atoms with Gasteiger partial charge in [-0.1, -0.05) is 0 Å². The van der Waals surface area contributed by atoms with Crippen LogP contribution in [0.1, 0.15) is 42.5 Å². The number of nitrogens with one attached hydrogen (secondary N) is 1. The van der Waals surface area contributed by atoms with E-state index in [2.05, 4.69) is 10.3 Å². The van der Waals surface area contributed by atoms with Gasteiger partial charge < -0.3 is 19.7 Å². The monoisotopic (exact) mass is 387 g/mol. The maximum absolute atomic E-state index is 13.2. The molecule has 0 radical (unpaired) electrons. The number of methoxy groups -OCH3 is 1. The van der Waals surface area contributed by atoms with E-state index >= 15 is 0 Å². The standard InChI is InChI=1S/C17H20F3N3O4/c1-9(2)23-13-5-4-10(8-12(13)22-16(23)17(18,19)20)14(24)21-11(15(25)26)6-7-27-3/h4-5,8-9,11H,6-7H2,1-3H3,(H,21,24)(H,25,26). The van der Waals surface area contributed by atoms with E-state index in [0.29, 0.717) is 0 Å². The summed E-state index contributed by atoms with van der Waals surface area (Å²) in [5.74, 6) is -2.99. The van der Waals surface area contributed by atoms with E-state index in [0.717, 1.165) is 4.57 Å². The summed E-state index contributed by atoms with van der Waals surface area (Å²) in [5, 5.41) is 11.5. The Balaban J connectivity index is 2.38. The zero-order valence-corrected chi connectivity index (χ0v) is 15.0. The molecule has 0 aliphatic heterocycles. The minimum atomic E-state index is -4.64. The summed E-state index contributed by atoms with van der Waals surface area (Å²) in [5.41, 5.74) is 0.267. The molecule has 2 N–H and O–H groups in total. The lowest BCUT2D eigenvalue weighted by molar-refractivity contribution is -0.147. The molecule has 0 fully saturated rings. The SMILES string of the molecule is COCCC(NC(=O)c1ccc2c(c1)nc(C(F)(F)F)n2C(C)C)C(=O)O. The lowest BCUT2D eigenvalue weighted by Gasteiger charge is -2.15. The molecule has 1 aromatic heterocycles. The van der Waals surface area contributed by atoms with Crippen LogP contribution in [0, 0.1) is 0 Å². The fourth-order valence-corrected chi connectivity index (χ4v) is 2.70. The van der Waals surface area contributed by atoms with E-state index in [1.807, 2.05) is 0 Å². The van der Waals surface area contributed by atoms with Crippen molar-refractivity contribution in [2.45, 2.75) is 38.5 Å². The van der Waals surface area contributed by atoms with Crippen molar-refractivity contribution in [3.63, 3.8) is 0 Å². The van der Waals surface area contributed by atoms with Crippen LogP contribution < -0.4 is 5.32 Å². The number of carboxylic acids is 1. The molecular formula is C17H20F3N3O4. The molecule has 1 atom stereocenters. The van der Waals surface area contributed by atoms with Crippen LogP contribution in [0.5, 0.6) is 0 Å². The zero-order chi connectivity index (χ0) is 20.4. The van der Waals surface area contributed by atoms with Crippen molar-refractivity contribution < 1.29 is 32.6 Å². The highest BCUT2D eigenvalue weighted by molar-refractivity contribution is 5.99. The molecule has 7 nitrogen and oxygen atoms in total. The maximum Gasteiger partial charge on any atom is 0.449 e. The van der Waals surface area contributed by atoms with Gasteiger partial charge in [0.25, 0.3) is 5.91 Å². The largest absolute Gasteiger partial charge is 0.480 e. The summed E-state index contributed by atoms with van der Waals surface area (Å²) in [6.45, 7) is 3.33. The van der Waals surface area contributed by atoms with Crippen LogP contribution in [0.25, 0.3) is 11.0 Å². The van der Waals surface area contributed by atoms with E-state index < -0.39 is 36.0 Å². The topological polar surface area (TPSA) is 93.5 Å². The van der Waals surface area contributed by atoms with Gasteiger partial charge in [-0.05, 0) is 32.0 Å². The smallest absolute Gasteiger partial charge is 0.449 e. The Kier molecular flexibility index (Phi) is 6.09. The Hall–Kier alpha value is -2.62. The number of rotatable bonds is 7. The van der Waals surface area contributed by atoms with Crippen molar-refractivity contribution in [3.05, 3.63) is 29.6 Å². The second-order valence-electron chi connectivity index (χ2n) is 6.25. The first-order chi connectivity index (χ1) is 12.6. The first-order valence-corrected chi connectivity index (χ1v) is 8.18. The summed E-state index contributed by atoms with van der Waals surface area (Å²) in [6, 6.07) is 2.27. The van der Waals surface area contributed by atoms with Crippen LogP contribution in [0.15, 0.2) is 18.2 Å². The number of hydrogen-bond acceptors (Lipinski definition) is 4. The van der Waals surface area contributed by atoms with Gasteiger partial charge in [-0.15, -0.1) is 0 Å². The number of carbonyl (C=O) groups excluding carboxylic acids is 1. The number of alkyl halides is 3. The number of ether oxygens (including phenoxy) is 1. The number of carbonyl (C=O) groups is 2. The number of hydrogen-bond donors (Lipinski definition) is 2. The van der Waals surface area contributed by atoms with Gasteiger partial charge in [-0.3, -0.25) is 4.79 Å². The molecule has 0 saturated heterocycles. The van der Waals surface area contributed by atoms with E-state index in [-0.39, 0.29) is 29.6 Å². The number of imidazole rings is 1. The summed E-state index contributed by atoms with van der Waals surface area (Å²) < 4.78 is 45.6. The van der Waals surface area contributed by atoms with Crippen molar-refractivity contribution in [2.75, 3.05) is 13.7 Å². The second-order valence-corrected chi connectivity index (χ2v) is 6.25. The minimum absolute atomic E-state index is 0.00689. The number of carboxylic acid groups (broad SMARTS) is 1. The normalized spacial score (nSPS) is 13.1. The Morgan fingerprint density at radius 3 is 2.52 bits per heavy atom. The first-order valence-electron chi connectivity index (χ1n) is 8.18. The lowest BCUT2D eigenvalue weighted by atomic mass is 10.1. The highest BCUT2D eigenvalue weighted by Crippen LogP contribution is 2.33. The fraction of sp³-hybridized carbons (Fsp3) is 0.471. The Labute approximate surface area is 153 Å². The fourth-order valence-electron chi connectivity index (χ4n) is 2.70. The average Bonchev–Trinajstić information content (AvgIpc) is 2.97.